The molecule has 1 aliphatic rings. The van der Waals surface area contributed by atoms with Crippen molar-refractivity contribution >= 4 is 5.91 Å². The van der Waals surface area contributed by atoms with Crippen LogP contribution in [0.25, 0.3) is 0 Å². The van der Waals surface area contributed by atoms with Crippen LogP contribution in [0.1, 0.15) is 31.4 Å². The molecule has 0 saturated carbocycles. The molecule has 1 N–H and O–H groups in total. The van der Waals surface area contributed by atoms with Crippen molar-refractivity contribution in [2.75, 3.05) is 20.6 Å². The number of hydrogen-bond donors (Lipinski definition) is 1. The second kappa shape index (κ2) is 6.06. The second-order valence-corrected chi connectivity index (χ2v) is 4.97. The summed E-state index contributed by atoms with van der Waals surface area (Å²) in [7, 11) is 3.78. The number of rotatable bonds is 5. The van der Waals surface area contributed by atoms with Gasteiger partial charge in [-0.3, -0.25) is 4.79 Å². The Hall–Kier alpha value is -1.55. The van der Waals surface area contributed by atoms with Gasteiger partial charge >= 0.3 is 0 Å². The van der Waals surface area contributed by atoms with E-state index in [2.05, 4.69) is 24.4 Å². The molecule has 1 aromatic carbocycles. The van der Waals surface area contributed by atoms with Crippen molar-refractivity contribution in [1.82, 2.24) is 10.2 Å². The lowest BCUT2D eigenvalue weighted by Crippen LogP contribution is -2.29. The molecular formula is C15H22N2O2. The second-order valence-electron chi connectivity index (χ2n) is 4.97. The van der Waals surface area contributed by atoms with E-state index in [1.807, 2.05) is 26.2 Å². The molecule has 1 amide bonds. The Morgan fingerprint density at radius 3 is 2.58 bits per heavy atom. The first-order valence-electron chi connectivity index (χ1n) is 6.84. The van der Waals surface area contributed by atoms with Crippen LogP contribution in [0.5, 0.6) is 5.75 Å². The van der Waals surface area contributed by atoms with Crippen molar-refractivity contribution in [3.05, 3.63) is 29.8 Å². The fourth-order valence-electron chi connectivity index (χ4n) is 2.45. The monoisotopic (exact) mass is 262 g/mol. The Bertz CT molecular complexity index is 426. The quantitative estimate of drug-likeness (QED) is 0.882. The molecule has 0 spiro atoms. The predicted molar refractivity (Wildman–Crippen MR) is 75.2 cm³/mol. The standard InChI is InChI=1S/C15H22N2O2/c1-4-13(16-2)11-5-7-12(8-6-11)19-14-9-10-17(3)15(14)18/h5-8,13-14,16H,4,9-10H2,1-3H3. The van der Waals surface area contributed by atoms with Gasteiger partial charge in [-0.2, -0.15) is 0 Å². The summed E-state index contributed by atoms with van der Waals surface area (Å²) in [6.07, 6.45) is 1.50. The van der Waals surface area contributed by atoms with Crippen LogP contribution in [0.3, 0.4) is 0 Å². The van der Waals surface area contributed by atoms with Gasteiger partial charge in [0.1, 0.15) is 5.75 Å². The zero-order valence-electron chi connectivity index (χ0n) is 11.8. The Morgan fingerprint density at radius 1 is 1.42 bits per heavy atom. The molecule has 0 bridgehead atoms. The lowest BCUT2D eigenvalue weighted by Gasteiger charge is -2.16. The molecule has 1 aliphatic heterocycles. The SMILES string of the molecule is CCC(NC)c1ccc(OC2CCN(C)C2=O)cc1. The van der Waals surface area contributed by atoms with Crippen LogP contribution < -0.4 is 10.1 Å². The number of benzene rings is 1. The first kappa shape index (κ1) is 13.9. The van der Waals surface area contributed by atoms with Gasteiger partial charge in [-0.25, -0.2) is 0 Å². The highest BCUT2D eigenvalue weighted by Crippen LogP contribution is 2.22. The summed E-state index contributed by atoms with van der Waals surface area (Å²) in [4.78, 5) is 13.5. The topological polar surface area (TPSA) is 41.6 Å². The predicted octanol–water partition coefficient (Wildman–Crippen LogP) is 1.97. The lowest BCUT2D eigenvalue weighted by atomic mass is 10.0. The number of amides is 1. The van der Waals surface area contributed by atoms with E-state index in [-0.39, 0.29) is 12.0 Å². The fraction of sp³-hybridized carbons (Fsp3) is 0.533. The molecule has 4 nitrogen and oxygen atoms in total. The van der Waals surface area contributed by atoms with Crippen molar-refractivity contribution in [2.45, 2.75) is 31.9 Å². The summed E-state index contributed by atoms with van der Waals surface area (Å²) in [6.45, 7) is 2.93. The minimum absolute atomic E-state index is 0.0748. The van der Waals surface area contributed by atoms with Gasteiger partial charge < -0.3 is 15.0 Å². The van der Waals surface area contributed by atoms with Crippen molar-refractivity contribution < 1.29 is 9.53 Å². The summed E-state index contributed by atoms with van der Waals surface area (Å²) in [5.74, 6) is 0.842. The maximum atomic E-state index is 11.8. The van der Waals surface area contributed by atoms with Gasteiger partial charge in [0, 0.05) is 26.1 Å². The zero-order valence-corrected chi connectivity index (χ0v) is 11.8. The minimum atomic E-state index is -0.317. The Morgan fingerprint density at radius 2 is 2.11 bits per heavy atom. The number of likely N-dealkylation sites (tertiary alicyclic amines) is 1. The maximum Gasteiger partial charge on any atom is 0.263 e. The van der Waals surface area contributed by atoms with Gasteiger partial charge in [-0.1, -0.05) is 19.1 Å². The smallest absolute Gasteiger partial charge is 0.263 e. The molecule has 104 valence electrons. The molecule has 1 saturated heterocycles. The van der Waals surface area contributed by atoms with Crippen molar-refractivity contribution in [2.24, 2.45) is 0 Å². The van der Waals surface area contributed by atoms with Crippen LogP contribution in [-0.2, 0) is 4.79 Å². The third-order valence-corrected chi connectivity index (χ3v) is 3.70. The third-order valence-electron chi connectivity index (χ3n) is 3.70. The van der Waals surface area contributed by atoms with Crippen LogP contribution in [0, 0.1) is 0 Å². The Balaban J connectivity index is 2.01. The number of nitrogens with one attached hydrogen (secondary N) is 1. The minimum Gasteiger partial charge on any atom is -0.481 e. The summed E-state index contributed by atoms with van der Waals surface area (Å²) in [6, 6.07) is 8.38. The van der Waals surface area contributed by atoms with E-state index in [1.165, 1.54) is 5.56 Å². The number of carbonyl (C=O) groups excluding carboxylic acids is 1. The summed E-state index contributed by atoms with van der Waals surface area (Å²) in [5, 5.41) is 3.27. The molecule has 0 radical (unpaired) electrons. The molecule has 1 fully saturated rings. The van der Waals surface area contributed by atoms with Crippen LogP contribution in [0.15, 0.2) is 24.3 Å². The molecule has 1 heterocycles. The Labute approximate surface area is 114 Å². The average Bonchev–Trinajstić information content (AvgIpc) is 2.74. The molecule has 1 aromatic rings. The molecule has 2 rings (SSSR count). The summed E-state index contributed by atoms with van der Waals surface area (Å²) >= 11 is 0. The van der Waals surface area contributed by atoms with Crippen molar-refractivity contribution in [3.63, 3.8) is 0 Å². The van der Waals surface area contributed by atoms with Gasteiger partial charge in [0.2, 0.25) is 0 Å². The highest BCUT2D eigenvalue weighted by Gasteiger charge is 2.30. The van der Waals surface area contributed by atoms with Crippen LogP contribution in [-0.4, -0.2) is 37.6 Å². The molecule has 2 unspecified atom stereocenters. The number of hydrogen-bond acceptors (Lipinski definition) is 3. The van der Waals surface area contributed by atoms with E-state index < -0.39 is 0 Å². The van der Waals surface area contributed by atoms with Crippen molar-refractivity contribution in [1.29, 1.82) is 0 Å². The number of nitrogens with zero attached hydrogens (tertiary/aromatic N) is 1. The fourth-order valence-corrected chi connectivity index (χ4v) is 2.45. The number of ether oxygens (including phenoxy) is 1. The largest absolute Gasteiger partial charge is 0.481 e. The van der Waals surface area contributed by atoms with Gasteiger partial charge in [-0.15, -0.1) is 0 Å². The van der Waals surface area contributed by atoms with Gasteiger partial charge in [0.25, 0.3) is 5.91 Å². The number of likely N-dealkylation sites (N-methyl/N-ethyl adjacent to an activating group) is 1. The Kier molecular flexibility index (Phi) is 4.43. The molecular weight excluding hydrogens is 240 g/mol. The van der Waals surface area contributed by atoms with Crippen molar-refractivity contribution in [3.8, 4) is 5.75 Å². The molecule has 2 atom stereocenters. The maximum absolute atomic E-state index is 11.8. The van der Waals surface area contributed by atoms with E-state index in [0.717, 1.165) is 25.1 Å². The summed E-state index contributed by atoms with van der Waals surface area (Å²) < 4.78 is 5.75. The van der Waals surface area contributed by atoms with Gasteiger partial charge in [-0.05, 0) is 31.2 Å². The molecule has 4 heteroatoms. The van der Waals surface area contributed by atoms with Gasteiger partial charge in [0.05, 0.1) is 0 Å². The average molecular weight is 262 g/mol. The van der Waals surface area contributed by atoms with E-state index >= 15 is 0 Å². The van der Waals surface area contributed by atoms with Crippen LogP contribution in [0.4, 0.5) is 0 Å². The molecule has 19 heavy (non-hydrogen) atoms. The van der Waals surface area contributed by atoms with Gasteiger partial charge in [0.15, 0.2) is 6.10 Å². The highest BCUT2D eigenvalue weighted by molar-refractivity contribution is 5.83. The zero-order chi connectivity index (χ0) is 13.8. The number of carbonyl (C=O) groups is 1. The molecule has 0 aromatic heterocycles. The highest BCUT2D eigenvalue weighted by atomic mass is 16.5. The van der Waals surface area contributed by atoms with Crippen LogP contribution in [0.2, 0.25) is 0 Å². The first-order valence-corrected chi connectivity index (χ1v) is 6.84. The van der Waals surface area contributed by atoms with E-state index in [4.69, 9.17) is 4.74 Å². The van der Waals surface area contributed by atoms with E-state index in [1.54, 1.807) is 4.90 Å². The van der Waals surface area contributed by atoms with E-state index in [9.17, 15) is 4.79 Å². The van der Waals surface area contributed by atoms with Crippen LogP contribution >= 0.6 is 0 Å². The van der Waals surface area contributed by atoms with E-state index in [0.29, 0.717) is 6.04 Å². The summed E-state index contributed by atoms with van der Waals surface area (Å²) in [5.41, 5.74) is 1.24. The lowest BCUT2D eigenvalue weighted by molar-refractivity contribution is -0.132. The molecule has 0 aliphatic carbocycles. The third kappa shape index (κ3) is 3.07. The normalized spacial score (nSPS) is 20.7. The first-order chi connectivity index (χ1) is 9.15.